The van der Waals surface area contributed by atoms with E-state index >= 15 is 0 Å². The number of carbonyl (C=O) groups excluding carboxylic acids is 2. The Morgan fingerprint density at radius 1 is 1.11 bits per heavy atom. The van der Waals surface area contributed by atoms with Crippen LogP contribution in [0.3, 0.4) is 0 Å². The first-order valence-corrected chi connectivity index (χ1v) is 8.68. The Morgan fingerprint density at radius 3 is 2.30 bits per heavy atom. The van der Waals surface area contributed by atoms with Crippen molar-refractivity contribution in [3.05, 3.63) is 69.8 Å². The van der Waals surface area contributed by atoms with Gasteiger partial charge in [0.15, 0.2) is 0 Å². The van der Waals surface area contributed by atoms with E-state index in [0.29, 0.717) is 18.6 Å². The predicted molar refractivity (Wildman–Crippen MR) is 96.0 cm³/mol. The number of imide groups is 1. The van der Waals surface area contributed by atoms with Gasteiger partial charge in [-0.2, -0.15) is 0 Å². The standard InChI is InChI=1S/C20H18N2O5/c1-27-17-8-2-13(3-9-17)12-21-18(23)14-10-20(11-14,19(21)24)15-4-6-16(7-5-15)22(25)26/h2-9,14H,10-12H2,1H3. The lowest BCUT2D eigenvalue weighted by Gasteiger charge is -2.53. The number of amides is 2. The molecular formula is C20H18N2O5. The molecule has 0 N–H and O–H groups in total. The third-order valence-electron chi connectivity index (χ3n) is 5.59. The van der Waals surface area contributed by atoms with Crippen LogP contribution >= 0.6 is 0 Å². The molecule has 0 aromatic heterocycles. The van der Waals surface area contributed by atoms with Gasteiger partial charge in [-0.3, -0.25) is 24.6 Å². The highest BCUT2D eigenvalue weighted by Gasteiger charge is 2.61. The molecule has 3 aliphatic rings. The Hall–Kier alpha value is -3.22. The summed E-state index contributed by atoms with van der Waals surface area (Å²) in [7, 11) is 1.58. The maximum Gasteiger partial charge on any atom is 0.269 e. The molecule has 3 fully saturated rings. The third kappa shape index (κ3) is 2.66. The molecule has 1 aliphatic carbocycles. The van der Waals surface area contributed by atoms with Crippen LogP contribution in [0, 0.1) is 16.0 Å². The van der Waals surface area contributed by atoms with Crippen molar-refractivity contribution >= 4 is 17.5 Å². The van der Waals surface area contributed by atoms with Gasteiger partial charge in [-0.25, -0.2) is 0 Å². The van der Waals surface area contributed by atoms with Crippen LogP contribution in [-0.4, -0.2) is 28.7 Å². The zero-order valence-corrected chi connectivity index (χ0v) is 14.8. The van der Waals surface area contributed by atoms with Crippen molar-refractivity contribution in [2.75, 3.05) is 7.11 Å². The summed E-state index contributed by atoms with van der Waals surface area (Å²) in [5.41, 5.74) is 0.819. The average Bonchev–Trinajstić information content (AvgIpc) is 2.64. The highest BCUT2D eigenvalue weighted by atomic mass is 16.6. The second-order valence-corrected chi connectivity index (χ2v) is 7.07. The molecule has 2 bridgehead atoms. The average molecular weight is 366 g/mol. The quantitative estimate of drug-likeness (QED) is 0.461. The molecule has 2 heterocycles. The molecule has 2 amide bonds. The highest BCUT2D eigenvalue weighted by molar-refractivity contribution is 6.07. The SMILES string of the molecule is COc1ccc(CN2C(=O)C3CC(c4ccc([N+](=O)[O-])cc4)(C3)C2=O)cc1. The summed E-state index contributed by atoms with van der Waals surface area (Å²) in [6.07, 6.45) is 0.948. The molecule has 0 unspecified atom stereocenters. The molecule has 1 saturated carbocycles. The summed E-state index contributed by atoms with van der Waals surface area (Å²) in [5, 5.41) is 10.9. The number of methoxy groups -OCH3 is 1. The van der Waals surface area contributed by atoms with Crippen molar-refractivity contribution in [1.82, 2.24) is 4.90 Å². The van der Waals surface area contributed by atoms with E-state index in [1.54, 1.807) is 31.4 Å². The summed E-state index contributed by atoms with van der Waals surface area (Å²) < 4.78 is 5.13. The number of nitro groups is 1. The lowest BCUT2D eigenvalue weighted by atomic mass is 9.55. The van der Waals surface area contributed by atoms with E-state index in [0.717, 1.165) is 11.1 Å². The Kier molecular flexibility index (Phi) is 3.95. The van der Waals surface area contributed by atoms with Gasteiger partial charge in [-0.15, -0.1) is 0 Å². The largest absolute Gasteiger partial charge is 0.497 e. The van der Waals surface area contributed by atoms with E-state index in [1.807, 2.05) is 12.1 Å². The van der Waals surface area contributed by atoms with Crippen LogP contribution in [0.1, 0.15) is 24.0 Å². The normalized spacial score (nSPS) is 23.7. The van der Waals surface area contributed by atoms with Crippen LogP contribution in [0.5, 0.6) is 5.75 Å². The van der Waals surface area contributed by atoms with Crippen LogP contribution in [-0.2, 0) is 21.5 Å². The fourth-order valence-electron chi connectivity index (χ4n) is 4.03. The van der Waals surface area contributed by atoms with Crippen molar-refractivity contribution in [2.24, 2.45) is 5.92 Å². The molecule has 2 aliphatic heterocycles. The minimum atomic E-state index is -0.750. The molecular weight excluding hydrogens is 348 g/mol. The zero-order chi connectivity index (χ0) is 19.2. The Morgan fingerprint density at radius 2 is 1.74 bits per heavy atom. The summed E-state index contributed by atoms with van der Waals surface area (Å²) in [5.74, 6) is 0.177. The number of hydrogen-bond donors (Lipinski definition) is 0. The van der Waals surface area contributed by atoms with Crippen molar-refractivity contribution in [2.45, 2.75) is 24.8 Å². The number of nitrogens with zero attached hydrogens (tertiary/aromatic N) is 2. The molecule has 0 spiro atoms. The van der Waals surface area contributed by atoms with Crippen molar-refractivity contribution < 1.29 is 19.2 Å². The lowest BCUT2D eigenvalue weighted by molar-refractivity contribution is -0.384. The van der Waals surface area contributed by atoms with Gasteiger partial charge in [0.1, 0.15) is 5.75 Å². The lowest BCUT2D eigenvalue weighted by Crippen LogP contribution is -2.65. The van der Waals surface area contributed by atoms with Crippen LogP contribution in [0.25, 0.3) is 0 Å². The minimum absolute atomic E-state index is 0.0135. The number of ether oxygens (including phenoxy) is 1. The second kappa shape index (κ2) is 6.19. The van der Waals surface area contributed by atoms with Crippen LogP contribution in [0.2, 0.25) is 0 Å². The maximum atomic E-state index is 13.2. The first kappa shape index (κ1) is 17.2. The molecule has 0 radical (unpaired) electrons. The smallest absolute Gasteiger partial charge is 0.269 e. The van der Waals surface area contributed by atoms with Gasteiger partial charge in [0, 0.05) is 18.1 Å². The number of carbonyl (C=O) groups is 2. The van der Waals surface area contributed by atoms with Crippen molar-refractivity contribution in [3.63, 3.8) is 0 Å². The van der Waals surface area contributed by atoms with E-state index in [4.69, 9.17) is 4.74 Å². The van der Waals surface area contributed by atoms with Gasteiger partial charge in [0.05, 0.1) is 24.0 Å². The molecule has 2 aromatic carbocycles. The first-order valence-electron chi connectivity index (χ1n) is 8.68. The Bertz CT molecular complexity index is 914. The summed E-state index contributed by atoms with van der Waals surface area (Å²) >= 11 is 0. The molecule has 138 valence electrons. The van der Waals surface area contributed by atoms with E-state index in [-0.39, 0.29) is 30.0 Å². The number of fused-ring (bicyclic) bond motifs is 2. The molecule has 7 nitrogen and oxygen atoms in total. The number of nitro benzene ring substituents is 1. The monoisotopic (exact) mass is 366 g/mol. The fraction of sp³-hybridized carbons (Fsp3) is 0.300. The number of benzene rings is 2. The van der Waals surface area contributed by atoms with Gasteiger partial charge >= 0.3 is 0 Å². The van der Waals surface area contributed by atoms with Crippen LogP contribution in [0.4, 0.5) is 5.69 Å². The van der Waals surface area contributed by atoms with E-state index < -0.39 is 10.3 Å². The van der Waals surface area contributed by atoms with Gasteiger partial charge in [0.25, 0.3) is 5.69 Å². The first-order chi connectivity index (χ1) is 12.9. The topological polar surface area (TPSA) is 89.8 Å². The van der Waals surface area contributed by atoms with Gasteiger partial charge in [-0.05, 0) is 36.1 Å². The molecule has 0 atom stereocenters. The summed E-state index contributed by atoms with van der Waals surface area (Å²) in [6.45, 7) is 0.215. The maximum absolute atomic E-state index is 13.2. The number of non-ortho nitro benzene ring substituents is 1. The highest BCUT2D eigenvalue weighted by Crippen LogP contribution is 2.53. The van der Waals surface area contributed by atoms with Crippen molar-refractivity contribution in [1.29, 1.82) is 0 Å². The Labute approximate surface area is 155 Å². The number of piperidine rings is 2. The number of rotatable bonds is 5. The van der Waals surface area contributed by atoms with E-state index in [2.05, 4.69) is 0 Å². The van der Waals surface area contributed by atoms with E-state index in [9.17, 15) is 19.7 Å². The van der Waals surface area contributed by atoms with Gasteiger partial charge < -0.3 is 4.74 Å². The van der Waals surface area contributed by atoms with Crippen LogP contribution < -0.4 is 4.74 Å². The van der Waals surface area contributed by atoms with Gasteiger partial charge in [-0.1, -0.05) is 24.3 Å². The predicted octanol–water partition coefficient (Wildman–Crippen LogP) is 2.82. The van der Waals surface area contributed by atoms with Crippen molar-refractivity contribution in [3.8, 4) is 5.75 Å². The Balaban J connectivity index is 1.60. The zero-order valence-electron chi connectivity index (χ0n) is 14.8. The van der Waals surface area contributed by atoms with Crippen LogP contribution in [0.15, 0.2) is 48.5 Å². The third-order valence-corrected chi connectivity index (χ3v) is 5.59. The second-order valence-electron chi connectivity index (χ2n) is 7.07. The molecule has 7 heteroatoms. The summed E-state index contributed by atoms with van der Waals surface area (Å²) in [4.78, 5) is 37.5. The molecule has 5 rings (SSSR count). The minimum Gasteiger partial charge on any atom is -0.497 e. The number of hydrogen-bond acceptors (Lipinski definition) is 5. The van der Waals surface area contributed by atoms with Gasteiger partial charge in [0.2, 0.25) is 11.8 Å². The molecule has 27 heavy (non-hydrogen) atoms. The fourth-order valence-corrected chi connectivity index (χ4v) is 4.03. The summed E-state index contributed by atoms with van der Waals surface area (Å²) in [6, 6.07) is 13.3. The van der Waals surface area contributed by atoms with E-state index in [1.165, 1.54) is 17.0 Å². The molecule has 2 saturated heterocycles. The molecule has 2 aromatic rings.